The first kappa shape index (κ1) is 13.1. The van der Waals surface area contributed by atoms with Gasteiger partial charge in [0.1, 0.15) is 0 Å². The van der Waals surface area contributed by atoms with E-state index in [0.29, 0.717) is 24.8 Å². The average Bonchev–Trinajstić information content (AvgIpc) is 3.11. The average molecular weight is 275 g/mol. The van der Waals surface area contributed by atoms with E-state index in [1.807, 2.05) is 4.90 Å². The van der Waals surface area contributed by atoms with Crippen molar-refractivity contribution in [1.29, 1.82) is 0 Å². The fourth-order valence-corrected chi connectivity index (χ4v) is 3.50. The Hall–Kier alpha value is -0.940. The molecule has 2 aliphatic carbocycles. The zero-order valence-electron chi connectivity index (χ0n) is 10.9. The zero-order valence-corrected chi connectivity index (χ0v) is 10.9. The van der Waals surface area contributed by atoms with E-state index in [1.54, 1.807) is 0 Å². The molecule has 2 fully saturated rings. The molecular weight excluding hydrogens is 255 g/mol. The molecule has 0 aromatic heterocycles. The van der Waals surface area contributed by atoms with Crippen molar-refractivity contribution in [2.45, 2.75) is 50.2 Å². The number of hydrogen-bond donors (Lipinski definition) is 1. The molecule has 0 aromatic rings. The number of guanidine groups is 1. The first-order chi connectivity index (χ1) is 8.91. The quantitative estimate of drug-likeness (QED) is 0.841. The predicted octanol–water partition coefficient (Wildman–Crippen LogP) is 2.52. The van der Waals surface area contributed by atoms with E-state index in [0.717, 1.165) is 13.0 Å². The van der Waals surface area contributed by atoms with Gasteiger partial charge in [0.2, 0.25) is 0 Å². The van der Waals surface area contributed by atoms with Crippen LogP contribution in [-0.4, -0.2) is 35.7 Å². The van der Waals surface area contributed by atoms with E-state index < -0.39 is 17.6 Å². The molecule has 1 spiro atoms. The number of aliphatic imine (C=N–C) groups is 1. The van der Waals surface area contributed by atoms with E-state index in [9.17, 15) is 13.2 Å². The highest BCUT2D eigenvalue weighted by molar-refractivity contribution is 5.81. The van der Waals surface area contributed by atoms with Crippen molar-refractivity contribution in [1.82, 2.24) is 4.90 Å². The molecule has 0 bridgehead atoms. The summed E-state index contributed by atoms with van der Waals surface area (Å²) in [6.45, 7) is 1.23. The van der Waals surface area contributed by atoms with Crippen LogP contribution in [0, 0.1) is 11.8 Å². The first-order valence-electron chi connectivity index (χ1n) is 7.05. The second-order valence-electron chi connectivity index (χ2n) is 6.29. The topological polar surface area (TPSA) is 41.6 Å². The van der Waals surface area contributed by atoms with Crippen molar-refractivity contribution >= 4 is 5.96 Å². The summed E-state index contributed by atoms with van der Waals surface area (Å²) in [5.74, 6) is -0.131. The molecule has 2 unspecified atom stereocenters. The van der Waals surface area contributed by atoms with Crippen molar-refractivity contribution in [3.8, 4) is 0 Å². The number of alkyl halides is 3. The molecule has 0 saturated heterocycles. The largest absolute Gasteiger partial charge is 0.391 e. The van der Waals surface area contributed by atoms with Crippen molar-refractivity contribution in [3.05, 3.63) is 0 Å². The Bertz CT molecular complexity index is 389. The Morgan fingerprint density at radius 2 is 2.05 bits per heavy atom. The maximum absolute atomic E-state index is 13.0. The second kappa shape index (κ2) is 4.28. The van der Waals surface area contributed by atoms with Crippen LogP contribution < -0.4 is 5.73 Å². The van der Waals surface area contributed by atoms with Gasteiger partial charge in [0.25, 0.3) is 0 Å². The molecule has 0 aromatic carbocycles. The predicted molar refractivity (Wildman–Crippen MR) is 66.7 cm³/mol. The Morgan fingerprint density at radius 1 is 1.32 bits per heavy atom. The highest BCUT2D eigenvalue weighted by Crippen LogP contribution is 2.46. The maximum Gasteiger partial charge on any atom is 0.391 e. The lowest BCUT2D eigenvalue weighted by Gasteiger charge is -2.45. The normalized spacial score (nSPS) is 35.8. The lowest BCUT2D eigenvalue weighted by atomic mass is 9.74. The highest BCUT2D eigenvalue weighted by atomic mass is 19.4. The smallest absolute Gasteiger partial charge is 0.370 e. The Kier molecular flexibility index (Phi) is 2.94. The van der Waals surface area contributed by atoms with Crippen LogP contribution in [0.15, 0.2) is 4.99 Å². The lowest BCUT2D eigenvalue weighted by Crippen LogP contribution is -2.56. The van der Waals surface area contributed by atoms with Gasteiger partial charge in [0.05, 0.1) is 18.0 Å². The first-order valence-corrected chi connectivity index (χ1v) is 7.05. The Labute approximate surface area is 111 Å². The van der Waals surface area contributed by atoms with Crippen molar-refractivity contribution < 1.29 is 13.2 Å². The van der Waals surface area contributed by atoms with E-state index in [-0.39, 0.29) is 12.8 Å². The lowest BCUT2D eigenvalue weighted by molar-refractivity contribution is -0.190. The number of rotatable bonds is 2. The summed E-state index contributed by atoms with van der Waals surface area (Å²) in [5, 5.41) is 0. The van der Waals surface area contributed by atoms with Crippen LogP contribution in [-0.2, 0) is 0 Å². The second-order valence-corrected chi connectivity index (χ2v) is 6.29. The molecule has 108 valence electrons. The van der Waals surface area contributed by atoms with Crippen molar-refractivity contribution in [2.75, 3.05) is 13.1 Å². The number of nitrogens with two attached hydrogens (primary N) is 1. The molecule has 1 heterocycles. The highest BCUT2D eigenvalue weighted by Gasteiger charge is 2.52. The van der Waals surface area contributed by atoms with Gasteiger partial charge in [-0.2, -0.15) is 13.2 Å². The van der Waals surface area contributed by atoms with E-state index in [2.05, 4.69) is 4.99 Å². The third-order valence-electron chi connectivity index (χ3n) is 4.81. The maximum atomic E-state index is 13.0. The van der Waals surface area contributed by atoms with Gasteiger partial charge in [0, 0.05) is 6.54 Å². The molecule has 2 saturated carbocycles. The fraction of sp³-hybridized carbons (Fsp3) is 0.923. The molecule has 2 atom stereocenters. The number of hydrogen-bond acceptors (Lipinski definition) is 3. The van der Waals surface area contributed by atoms with Gasteiger partial charge in [-0.25, -0.2) is 0 Å². The molecule has 3 rings (SSSR count). The standard InChI is InChI=1S/C13H20F3N3/c14-13(15,16)10-2-1-5-12(6-10)8-18-11(17)19(12)7-9-3-4-9/h9-10H,1-8H2,(H2,17,18). The molecule has 3 aliphatic rings. The van der Waals surface area contributed by atoms with Crippen molar-refractivity contribution in [2.24, 2.45) is 22.6 Å². The summed E-state index contributed by atoms with van der Waals surface area (Å²) in [6.07, 6.45) is 0.0711. The van der Waals surface area contributed by atoms with Crippen LogP contribution in [0.1, 0.15) is 38.5 Å². The van der Waals surface area contributed by atoms with Gasteiger partial charge >= 0.3 is 6.18 Å². The van der Waals surface area contributed by atoms with Crippen LogP contribution in [0.2, 0.25) is 0 Å². The summed E-state index contributed by atoms with van der Waals surface area (Å²) in [5.41, 5.74) is 5.46. The monoisotopic (exact) mass is 275 g/mol. The number of halogens is 3. The van der Waals surface area contributed by atoms with Crippen LogP contribution in [0.4, 0.5) is 13.2 Å². The van der Waals surface area contributed by atoms with Gasteiger partial charge < -0.3 is 10.6 Å². The number of nitrogens with zero attached hydrogens (tertiary/aromatic N) is 2. The molecule has 0 amide bonds. The molecule has 2 N–H and O–H groups in total. The minimum absolute atomic E-state index is 0.160. The molecular formula is C13H20F3N3. The minimum atomic E-state index is -4.09. The van der Waals surface area contributed by atoms with Crippen LogP contribution in [0.3, 0.4) is 0 Å². The van der Waals surface area contributed by atoms with Gasteiger partial charge in [-0.15, -0.1) is 0 Å². The molecule has 6 heteroatoms. The van der Waals surface area contributed by atoms with E-state index in [1.165, 1.54) is 12.8 Å². The SMILES string of the molecule is NC1=NCC2(CCCC(C(F)(F)F)C2)N1CC1CC1. The summed E-state index contributed by atoms with van der Waals surface area (Å²) in [6, 6.07) is 0. The molecule has 3 nitrogen and oxygen atoms in total. The minimum Gasteiger partial charge on any atom is -0.370 e. The molecule has 1 aliphatic heterocycles. The third kappa shape index (κ3) is 2.41. The van der Waals surface area contributed by atoms with Gasteiger partial charge in [-0.3, -0.25) is 4.99 Å². The van der Waals surface area contributed by atoms with Crippen LogP contribution >= 0.6 is 0 Å². The van der Waals surface area contributed by atoms with Crippen LogP contribution in [0.25, 0.3) is 0 Å². The fourth-order valence-electron chi connectivity index (χ4n) is 3.50. The van der Waals surface area contributed by atoms with Gasteiger partial charge in [-0.1, -0.05) is 6.42 Å². The molecule has 0 radical (unpaired) electrons. The zero-order chi connectivity index (χ0) is 13.7. The summed E-state index contributed by atoms with van der Waals surface area (Å²) >= 11 is 0. The summed E-state index contributed by atoms with van der Waals surface area (Å²) < 4.78 is 39.0. The third-order valence-corrected chi connectivity index (χ3v) is 4.81. The van der Waals surface area contributed by atoms with Crippen molar-refractivity contribution in [3.63, 3.8) is 0 Å². The van der Waals surface area contributed by atoms with E-state index >= 15 is 0 Å². The Morgan fingerprint density at radius 3 is 2.68 bits per heavy atom. The summed E-state index contributed by atoms with van der Waals surface area (Å²) in [4.78, 5) is 6.23. The van der Waals surface area contributed by atoms with Crippen LogP contribution in [0.5, 0.6) is 0 Å². The van der Waals surface area contributed by atoms with Gasteiger partial charge in [0.15, 0.2) is 5.96 Å². The Balaban J connectivity index is 1.77. The molecule has 19 heavy (non-hydrogen) atoms. The van der Waals surface area contributed by atoms with E-state index in [4.69, 9.17) is 5.73 Å². The summed E-state index contributed by atoms with van der Waals surface area (Å²) in [7, 11) is 0. The van der Waals surface area contributed by atoms with Gasteiger partial charge in [-0.05, 0) is 38.0 Å².